The highest BCUT2D eigenvalue weighted by Gasteiger charge is 2.00. The molecule has 0 radical (unpaired) electrons. The van der Waals surface area contributed by atoms with Gasteiger partial charge >= 0.3 is 0 Å². The zero-order chi connectivity index (χ0) is 8.39. The van der Waals surface area contributed by atoms with E-state index in [0.717, 1.165) is 11.4 Å². The lowest BCUT2D eigenvalue weighted by Gasteiger charge is -1.90. The highest BCUT2D eigenvalue weighted by Crippen LogP contribution is 2.14. The van der Waals surface area contributed by atoms with E-state index in [4.69, 9.17) is 5.73 Å². The van der Waals surface area contributed by atoms with Gasteiger partial charge in [-0.2, -0.15) is 5.10 Å². The maximum atomic E-state index is 5.47. The standard InChI is InChI=1S/C8H8N4/c9-8-5-7(11-12-8)6-3-1-2-4-10-6/h1-5H,(H3,9,11,12). The van der Waals surface area contributed by atoms with Crippen LogP contribution in [0.5, 0.6) is 0 Å². The maximum absolute atomic E-state index is 5.47. The number of hydrogen-bond acceptors (Lipinski definition) is 3. The first kappa shape index (κ1) is 6.84. The van der Waals surface area contributed by atoms with E-state index < -0.39 is 0 Å². The molecule has 12 heavy (non-hydrogen) atoms. The van der Waals surface area contributed by atoms with Crippen LogP contribution in [-0.2, 0) is 0 Å². The minimum Gasteiger partial charge on any atom is -0.384 e. The summed E-state index contributed by atoms with van der Waals surface area (Å²) in [5.74, 6) is 0.552. The van der Waals surface area contributed by atoms with Crippen LogP contribution in [0.15, 0.2) is 30.5 Å². The van der Waals surface area contributed by atoms with Crippen molar-refractivity contribution in [2.75, 3.05) is 5.73 Å². The average molecular weight is 160 g/mol. The molecule has 0 saturated carbocycles. The molecule has 3 N–H and O–H groups in total. The summed E-state index contributed by atoms with van der Waals surface area (Å²) < 4.78 is 0. The molecule has 0 saturated heterocycles. The normalized spacial score (nSPS) is 10.0. The molecule has 0 atom stereocenters. The SMILES string of the molecule is Nc1cc(-c2ccccn2)n[nH]1. The highest BCUT2D eigenvalue weighted by molar-refractivity contribution is 5.57. The van der Waals surface area contributed by atoms with Crippen molar-refractivity contribution in [2.45, 2.75) is 0 Å². The molecule has 2 heterocycles. The number of nitrogen functional groups attached to an aromatic ring is 1. The van der Waals surface area contributed by atoms with Gasteiger partial charge in [0.2, 0.25) is 0 Å². The molecule has 60 valence electrons. The lowest BCUT2D eigenvalue weighted by molar-refractivity contribution is 1.09. The summed E-state index contributed by atoms with van der Waals surface area (Å²) in [5, 5.41) is 6.63. The molecule has 2 aromatic rings. The average Bonchev–Trinajstić information content (AvgIpc) is 2.54. The molecule has 4 heteroatoms. The van der Waals surface area contributed by atoms with Gasteiger partial charge in [-0.3, -0.25) is 10.1 Å². The van der Waals surface area contributed by atoms with Crippen LogP contribution in [0.4, 0.5) is 5.82 Å². The topological polar surface area (TPSA) is 67.6 Å². The van der Waals surface area contributed by atoms with Crippen molar-refractivity contribution in [2.24, 2.45) is 0 Å². The van der Waals surface area contributed by atoms with Crippen LogP contribution in [0.25, 0.3) is 11.4 Å². The van der Waals surface area contributed by atoms with Crippen LogP contribution in [-0.4, -0.2) is 15.2 Å². The molecule has 0 bridgehead atoms. The predicted octanol–water partition coefficient (Wildman–Crippen LogP) is 1.05. The molecule has 0 unspecified atom stereocenters. The number of anilines is 1. The Morgan fingerprint density at radius 1 is 1.25 bits per heavy atom. The first-order chi connectivity index (χ1) is 5.86. The molecule has 0 fully saturated rings. The van der Waals surface area contributed by atoms with E-state index in [0.29, 0.717) is 5.82 Å². The van der Waals surface area contributed by atoms with Gasteiger partial charge in [-0.25, -0.2) is 0 Å². The van der Waals surface area contributed by atoms with Crippen LogP contribution in [0, 0.1) is 0 Å². The van der Waals surface area contributed by atoms with Gasteiger partial charge in [-0.15, -0.1) is 0 Å². The molecule has 0 spiro atoms. The van der Waals surface area contributed by atoms with Crippen molar-refractivity contribution in [3.63, 3.8) is 0 Å². The van der Waals surface area contributed by atoms with E-state index in [1.54, 1.807) is 12.3 Å². The lowest BCUT2D eigenvalue weighted by Crippen LogP contribution is -1.81. The summed E-state index contributed by atoms with van der Waals surface area (Å²) in [4.78, 5) is 4.12. The Balaban J connectivity index is 2.45. The van der Waals surface area contributed by atoms with E-state index in [-0.39, 0.29) is 0 Å². The number of hydrogen-bond donors (Lipinski definition) is 2. The number of nitrogens with zero attached hydrogens (tertiary/aromatic N) is 2. The third kappa shape index (κ3) is 1.14. The number of aromatic nitrogens is 3. The minimum atomic E-state index is 0.552. The second-order valence-electron chi connectivity index (χ2n) is 2.42. The first-order valence-electron chi connectivity index (χ1n) is 3.58. The van der Waals surface area contributed by atoms with Crippen molar-refractivity contribution < 1.29 is 0 Å². The van der Waals surface area contributed by atoms with Gasteiger partial charge in [0.25, 0.3) is 0 Å². The summed E-state index contributed by atoms with van der Waals surface area (Å²) in [6, 6.07) is 7.41. The Kier molecular flexibility index (Phi) is 1.51. The largest absolute Gasteiger partial charge is 0.384 e. The van der Waals surface area contributed by atoms with Gasteiger partial charge in [-0.1, -0.05) is 6.07 Å². The van der Waals surface area contributed by atoms with E-state index in [1.165, 1.54) is 0 Å². The Hall–Kier alpha value is -1.84. The first-order valence-corrected chi connectivity index (χ1v) is 3.58. The summed E-state index contributed by atoms with van der Waals surface area (Å²) in [7, 11) is 0. The fourth-order valence-corrected chi connectivity index (χ4v) is 0.982. The fraction of sp³-hybridized carbons (Fsp3) is 0. The van der Waals surface area contributed by atoms with Gasteiger partial charge in [-0.05, 0) is 12.1 Å². The molecular formula is C8H8N4. The third-order valence-corrected chi connectivity index (χ3v) is 1.52. The molecule has 0 aromatic carbocycles. The third-order valence-electron chi connectivity index (χ3n) is 1.52. The van der Waals surface area contributed by atoms with Crippen molar-refractivity contribution in [3.8, 4) is 11.4 Å². The van der Waals surface area contributed by atoms with Gasteiger partial charge in [0.15, 0.2) is 0 Å². The molecule has 2 rings (SSSR count). The van der Waals surface area contributed by atoms with E-state index in [9.17, 15) is 0 Å². The Morgan fingerprint density at radius 3 is 2.75 bits per heavy atom. The number of H-pyrrole nitrogens is 1. The van der Waals surface area contributed by atoms with Crippen LogP contribution in [0.3, 0.4) is 0 Å². The number of aromatic amines is 1. The van der Waals surface area contributed by atoms with Crippen LogP contribution in [0.1, 0.15) is 0 Å². The molecule has 0 aliphatic heterocycles. The van der Waals surface area contributed by atoms with Crippen molar-refractivity contribution in [3.05, 3.63) is 30.5 Å². The summed E-state index contributed by atoms with van der Waals surface area (Å²) in [5.41, 5.74) is 7.07. The van der Waals surface area contributed by atoms with E-state index in [2.05, 4.69) is 15.2 Å². The zero-order valence-electron chi connectivity index (χ0n) is 6.36. The summed E-state index contributed by atoms with van der Waals surface area (Å²) in [6.45, 7) is 0. The Labute approximate surface area is 69.4 Å². The summed E-state index contributed by atoms with van der Waals surface area (Å²) in [6.07, 6.45) is 1.72. The predicted molar refractivity (Wildman–Crippen MR) is 46.2 cm³/mol. The number of pyridine rings is 1. The highest BCUT2D eigenvalue weighted by atomic mass is 15.2. The monoisotopic (exact) mass is 160 g/mol. The van der Waals surface area contributed by atoms with Crippen molar-refractivity contribution in [1.82, 2.24) is 15.2 Å². The quantitative estimate of drug-likeness (QED) is 0.655. The number of rotatable bonds is 1. The molecular weight excluding hydrogens is 152 g/mol. The van der Waals surface area contributed by atoms with Gasteiger partial charge in [0.1, 0.15) is 11.5 Å². The smallest absolute Gasteiger partial charge is 0.119 e. The van der Waals surface area contributed by atoms with Crippen molar-refractivity contribution >= 4 is 5.82 Å². The second kappa shape index (κ2) is 2.65. The van der Waals surface area contributed by atoms with Gasteiger partial charge < -0.3 is 5.73 Å². The second-order valence-corrected chi connectivity index (χ2v) is 2.42. The fourth-order valence-electron chi connectivity index (χ4n) is 0.982. The zero-order valence-corrected chi connectivity index (χ0v) is 6.36. The van der Waals surface area contributed by atoms with E-state index in [1.807, 2.05) is 18.2 Å². The Bertz CT molecular complexity index is 366. The molecule has 0 aliphatic rings. The lowest BCUT2D eigenvalue weighted by atomic mass is 10.3. The van der Waals surface area contributed by atoms with Crippen LogP contribution < -0.4 is 5.73 Å². The number of nitrogens with two attached hydrogens (primary N) is 1. The molecule has 4 nitrogen and oxygen atoms in total. The van der Waals surface area contributed by atoms with Gasteiger partial charge in [0.05, 0.1) is 5.69 Å². The van der Waals surface area contributed by atoms with Crippen molar-refractivity contribution in [1.29, 1.82) is 0 Å². The van der Waals surface area contributed by atoms with E-state index >= 15 is 0 Å². The molecule has 0 aliphatic carbocycles. The molecule has 2 aromatic heterocycles. The minimum absolute atomic E-state index is 0.552. The maximum Gasteiger partial charge on any atom is 0.119 e. The van der Waals surface area contributed by atoms with Crippen LogP contribution >= 0.6 is 0 Å². The summed E-state index contributed by atoms with van der Waals surface area (Å²) >= 11 is 0. The van der Waals surface area contributed by atoms with Crippen LogP contribution in [0.2, 0.25) is 0 Å². The molecule has 0 amide bonds. The Morgan fingerprint density at radius 2 is 2.17 bits per heavy atom. The van der Waals surface area contributed by atoms with Gasteiger partial charge in [0, 0.05) is 12.3 Å². The number of nitrogens with one attached hydrogen (secondary N) is 1.